The minimum Gasteiger partial charge on any atom is -0.449 e. The molecule has 10 heteroatoms. The summed E-state index contributed by atoms with van der Waals surface area (Å²) in [5, 5.41) is 5.52. The van der Waals surface area contributed by atoms with Crippen LogP contribution in [0.1, 0.15) is 94.4 Å². The van der Waals surface area contributed by atoms with E-state index >= 15 is 0 Å². The molecular weight excluding hydrogens is 705 g/mol. The molecule has 0 aliphatic heterocycles. The molecule has 10 nitrogen and oxygen atoms in total. The van der Waals surface area contributed by atoms with Gasteiger partial charge in [0.2, 0.25) is 11.8 Å². The molecule has 0 aromatic heterocycles. The SMILES string of the molecule is CC(C)C[C@H](NC(=O)[C@H](CCCCN(C(=O)OCC1c2ccccc2-c2ccccc21)C(C)(C)C)NC(=O)OCC1c2ccccc2-c2ccccc21)C(N)=O. The van der Waals surface area contributed by atoms with Crippen molar-refractivity contribution in [2.75, 3.05) is 19.8 Å². The fourth-order valence-corrected chi connectivity index (χ4v) is 8.03. The van der Waals surface area contributed by atoms with Gasteiger partial charge in [-0.2, -0.15) is 0 Å². The number of rotatable bonds is 15. The predicted octanol–water partition coefficient (Wildman–Crippen LogP) is 8.13. The van der Waals surface area contributed by atoms with Crippen LogP contribution < -0.4 is 16.4 Å². The zero-order valence-corrected chi connectivity index (χ0v) is 33.0. The molecule has 294 valence electrons. The number of benzene rings is 4. The molecule has 2 atom stereocenters. The van der Waals surface area contributed by atoms with Gasteiger partial charge in [0.15, 0.2) is 0 Å². The zero-order chi connectivity index (χ0) is 40.0. The molecule has 4 amide bonds. The Morgan fingerprint density at radius 3 is 1.54 bits per heavy atom. The van der Waals surface area contributed by atoms with Crippen LogP contribution in [0, 0.1) is 5.92 Å². The van der Waals surface area contributed by atoms with Gasteiger partial charge in [-0.1, -0.05) is 111 Å². The van der Waals surface area contributed by atoms with Gasteiger partial charge in [-0.15, -0.1) is 0 Å². The van der Waals surface area contributed by atoms with E-state index in [0.717, 1.165) is 44.5 Å². The van der Waals surface area contributed by atoms with Crippen molar-refractivity contribution < 1.29 is 28.7 Å². The summed E-state index contributed by atoms with van der Waals surface area (Å²) in [5.74, 6) is -1.27. The van der Waals surface area contributed by atoms with Gasteiger partial charge in [-0.05, 0) is 96.9 Å². The van der Waals surface area contributed by atoms with Crippen molar-refractivity contribution >= 4 is 24.0 Å². The maximum absolute atomic E-state index is 13.7. The average Bonchev–Trinajstić information content (AvgIpc) is 3.66. The van der Waals surface area contributed by atoms with Crippen molar-refractivity contribution in [1.82, 2.24) is 15.5 Å². The number of unbranched alkanes of at least 4 members (excludes halogenated alkanes) is 1. The van der Waals surface area contributed by atoms with E-state index in [4.69, 9.17) is 15.2 Å². The summed E-state index contributed by atoms with van der Waals surface area (Å²) in [4.78, 5) is 54.7. The van der Waals surface area contributed by atoms with Crippen LogP contribution in [-0.4, -0.2) is 66.3 Å². The zero-order valence-electron chi connectivity index (χ0n) is 33.0. The lowest BCUT2D eigenvalue weighted by atomic mass is 9.98. The molecule has 6 rings (SSSR count). The highest BCUT2D eigenvalue weighted by Crippen LogP contribution is 2.45. The van der Waals surface area contributed by atoms with Crippen LogP contribution in [0.15, 0.2) is 97.1 Å². The lowest BCUT2D eigenvalue weighted by molar-refractivity contribution is -0.129. The minimum absolute atomic E-state index is 0.0589. The van der Waals surface area contributed by atoms with E-state index in [1.54, 1.807) is 4.90 Å². The van der Waals surface area contributed by atoms with Gasteiger partial charge < -0.3 is 30.7 Å². The second-order valence-corrected chi connectivity index (χ2v) is 16.2. The maximum atomic E-state index is 13.7. The lowest BCUT2D eigenvalue weighted by Gasteiger charge is -2.35. The lowest BCUT2D eigenvalue weighted by Crippen LogP contribution is -2.53. The minimum atomic E-state index is -1.00. The van der Waals surface area contributed by atoms with Crippen molar-refractivity contribution in [3.63, 3.8) is 0 Å². The molecule has 0 bridgehead atoms. The highest BCUT2D eigenvalue weighted by molar-refractivity contribution is 5.90. The number of carbonyl (C=O) groups excluding carboxylic acids is 4. The second kappa shape index (κ2) is 17.4. The molecule has 0 saturated carbocycles. The van der Waals surface area contributed by atoms with Crippen molar-refractivity contribution in [1.29, 1.82) is 0 Å². The summed E-state index contributed by atoms with van der Waals surface area (Å²) in [6.07, 6.45) is 0.467. The van der Waals surface area contributed by atoms with Crippen LogP contribution in [0.25, 0.3) is 22.3 Å². The molecule has 0 unspecified atom stereocenters. The molecule has 0 heterocycles. The van der Waals surface area contributed by atoms with E-state index in [-0.39, 0.29) is 37.4 Å². The topological polar surface area (TPSA) is 140 Å². The van der Waals surface area contributed by atoms with Crippen LogP contribution in [0.3, 0.4) is 0 Å². The van der Waals surface area contributed by atoms with Gasteiger partial charge in [-0.25, -0.2) is 9.59 Å². The third kappa shape index (κ3) is 9.07. The fraction of sp³-hybridized carbons (Fsp3) is 0.391. The first-order valence-corrected chi connectivity index (χ1v) is 19.7. The van der Waals surface area contributed by atoms with E-state index in [9.17, 15) is 19.2 Å². The molecule has 2 aliphatic carbocycles. The summed E-state index contributed by atoms with van der Waals surface area (Å²) < 4.78 is 11.8. The standard InChI is InChI=1S/C46H54N4O6/c1-29(2)26-41(42(47)51)48-43(52)40(49-44(53)55-27-38-34-20-10-6-16-30(34)31-17-7-11-21-35(31)38)24-14-15-25-50(46(3,4)5)45(54)56-28-39-36-22-12-8-18-32(36)33-19-9-13-23-37(33)39/h6-13,16-23,29,38-41H,14-15,24-28H2,1-5H3,(H2,47,51)(H,48,52)(H,49,53)/t40-,41-/m0/s1. The van der Waals surface area contributed by atoms with Gasteiger partial charge in [0.1, 0.15) is 25.3 Å². The fourth-order valence-electron chi connectivity index (χ4n) is 8.03. The highest BCUT2D eigenvalue weighted by Gasteiger charge is 2.34. The number of hydrogen-bond donors (Lipinski definition) is 3. The molecule has 4 aromatic carbocycles. The summed E-state index contributed by atoms with van der Waals surface area (Å²) in [5.41, 5.74) is 14.1. The van der Waals surface area contributed by atoms with Crippen LogP contribution in [0.2, 0.25) is 0 Å². The smallest absolute Gasteiger partial charge is 0.410 e. The molecule has 56 heavy (non-hydrogen) atoms. The van der Waals surface area contributed by atoms with Crippen LogP contribution in [-0.2, 0) is 19.1 Å². The number of primary amides is 1. The molecule has 0 saturated heterocycles. The number of alkyl carbamates (subject to hydrolysis) is 1. The number of hydrogen-bond acceptors (Lipinski definition) is 6. The van der Waals surface area contributed by atoms with Crippen molar-refractivity contribution in [3.05, 3.63) is 119 Å². The third-order valence-electron chi connectivity index (χ3n) is 10.8. The van der Waals surface area contributed by atoms with Gasteiger partial charge >= 0.3 is 12.2 Å². The summed E-state index contributed by atoms with van der Waals surface area (Å²) >= 11 is 0. The molecule has 4 aromatic rings. The molecule has 0 radical (unpaired) electrons. The Bertz CT molecular complexity index is 1960. The first-order chi connectivity index (χ1) is 26.8. The number of amides is 4. The number of nitrogens with zero attached hydrogens (tertiary/aromatic N) is 1. The first-order valence-electron chi connectivity index (χ1n) is 19.7. The molecule has 0 spiro atoms. The van der Waals surface area contributed by atoms with Crippen molar-refractivity contribution in [2.45, 2.75) is 89.8 Å². The van der Waals surface area contributed by atoms with Gasteiger partial charge in [-0.3, -0.25) is 9.59 Å². The Morgan fingerprint density at radius 2 is 1.11 bits per heavy atom. The normalized spacial score (nSPS) is 14.2. The predicted molar refractivity (Wildman–Crippen MR) is 218 cm³/mol. The Labute approximate surface area is 330 Å². The van der Waals surface area contributed by atoms with E-state index in [0.29, 0.717) is 25.8 Å². The van der Waals surface area contributed by atoms with Gasteiger partial charge in [0.05, 0.1) is 0 Å². The molecule has 2 aliphatic rings. The van der Waals surface area contributed by atoms with E-state index < -0.39 is 41.6 Å². The average molecular weight is 759 g/mol. The Balaban J connectivity index is 1.08. The quantitative estimate of drug-likeness (QED) is 0.105. The number of nitrogens with two attached hydrogens (primary N) is 1. The van der Waals surface area contributed by atoms with E-state index in [1.165, 1.54) is 0 Å². The third-order valence-corrected chi connectivity index (χ3v) is 10.8. The van der Waals surface area contributed by atoms with Crippen LogP contribution in [0.4, 0.5) is 9.59 Å². The Hall–Kier alpha value is -5.64. The van der Waals surface area contributed by atoms with Crippen molar-refractivity contribution in [3.8, 4) is 22.3 Å². The van der Waals surface area contributed by atoms with E-state index in [1.807, 2.05) is 95.3 Å². The molecule has 4 N–H and O–H groups in total. The van der Waals surface area contributed by atoms with E-state index in [2.05, 4.69) is 47.0 Å². The first kappa shape index (κ1) is 40.0. The Morgan fingerprint density at radius 1 is 0.661 bits per heavy atom. The monoisotopic (exact) mass is 758 g/mol. The largest absolute Gasteiger partial charge is 0.449 e. The number of carbonyl (C=O) groups is 4. The second-order valence-electron chi connectivity index (χ2n) is 16.2. The number of nitrogens with one attached hydrogen (secondary N) is 2. The molecular formula is C46H54N4O6. The highest BCUT2D eigenvalue weighted by atomic mass is 16.6. The number of fused-ring (bicyclic) bond motifs is 6. The summed E-state index contributed by atoms with van der Waals surface area (Å²) in [6, 6.07) is 30.7. The summed E-state index contributed by atoms with van der Waals surface area (Å²) in [6.45, 7) is 10.4. The molecule has 0 fully saturated rings. The van der Waals surface area contributed by atoms with Crippen molar-refractivity contribution in [2.24, 2.45) is 11.7 Å². The summed E-state index contributed by atoms with van der Waals surface area (Å²) in [7, 11) is 0. The maximum Gasteiger partial charge on any atom is 0.410 e. The Kier molecular flexibility index (Phi) is 12.5. The van der Waals surface area contributed by atoms with Crippen LogP contribution in [0.5, 0.6) is 0 Å². The van der Waals surface area contributed by atoms with Crippen LogP contribution >= 0.6 is 0 Å². The van der Waals surface area contributed by atoms with Gasteiger partial charge in [0.25, 0.3) is 0 Å². The number of ether oxygens (including phenoxy) is 2. The van der Waals surface area contributed by atoms with Gasteiger partial charge in [0, 0.05) is 23.9 Å².